The van der Waals surface area contributed by atoms with E-state index in [2.05, 4.69) is 10.2 Å². The standard InChI is InChI=1S/C18H24N4O5S2/c1-13(2)11-22-17(19-20-18(22)28-12-16(23)24)14-4-3-5-15(10-14)29(25,26)21-6-8-27-9-7-21/h3-5,10,13H,6-9,11-12H2,1-2H3,(H,23,24)/p-1. The number of ether oxygens (including phenoxy) is 1. The summed E-state index contributed by atoms with van der Waals surface area (Å²) < 4.78 is 34.4. The fourth-order valence-corrected chi connectivity index (χ4v) is 5.11. The SMILES string of the molecule is CC(C)Cn1c(SCC(=O)[O-])nnc1-c1cccc(S(=O)(=O)N2CCOCC2)c1. The summed E-state index contributed by atoms with van der Waals surface area (Å²) in [6.07, 6.45) is 0. The van der Waals surface area contributed by atoms with E-state index in [4.69, 9.17) is 4.74 Å². The Morgan fingerprint density at radius 3 is 2.66 bits per heavy atom. The van der Waals surface area contributed by atoms with E-state index < -0.39 is 16.0 Å². The summed E-state index contributed by atoms with van der Waals surface area (Å²) in [5.74, 6) is -0.665. The molecular weight excluding hydrogens is 416 g/mol. The van der Waals surface area contributed by atoms with Gasteiger partial charge in [-0.3, -0.25) is 0 Å². The summed E-state index contributed by atoms with van der Waals surface area (Å²) in [5, 5.41) is 19.6. The molecule has 158 valence electrons. The summed E-state index contributed by atoms with van der Waals surface area (Å²) in [7, 11) is -3.64. The first-order chi connectivity index (χ1) is 13.8. The van der Waals surface area contributed by atoms with Gasteiger partial charge in [-0.25, -0.2) is 8.42 Å². The number of carboxylic acids is 1. The van der Waals surface area contributed by atoms with E-state index in [-0.39, 0.29) is 16.6 Å². The molecule has 1 aromatic heterocycles. The predicted molar refractivity (Wildman–Crippen MR) is 106 cm³/mol. The molecule has 0 saturated carbocycles. The Morgan fingerprint density at radius 2 is 2.00 bits per heavy atom. The van der Waals surface area contributed by atoms with Crippen LogP contribution in [0.1, 0.15) is 13.8 Å². The Balaban J connectivity index is 1.96. The highest BCUT2D eigenvalue weighted by atomic mass is 32.2. The fourth-order valence-electron chi connectivity index (χ4n) is 2.99. The fraction of sp³-hybridized carbons (Fsp3) is 0.500. The van der Waals surface area contributed by atoms with Crippen LogP contribution in [0.15, 0.2) is 34.3 Å². The van der Waals surface area contributed by atoms with Crippen molar-refractivity contribution in [2.24, 2.45) is 5.92 Å². The number of nitrogens with zero attached hydrogens (tertiary/aromatic N) is 4. The van der Waals surface area contributed by atoms with Crippen LogP contribution < -0.4 is 5.11 Å². The Hall–Kier alpha value is -1.95. The summed E-state index contributed by atoms with van der Waals surface area (Å²) >= 11 is 1.03. The lowest BCUT2D eigenvalue weighted by Crippen LogP contribution is -2.40. The molecule has 2 aromatic rings. The molecule has 0 aliphatic carbocycles. The molecule has 0 unspecified atom stereocenters. The van der Waals surface area contributed by atoms with Gasteiger partial charge in [0.1, 0.15) is 0 Å². The number of aliphatic carboxylic acids is 1. The van der Waals surface area contributed by atoms with Crippen molar-refractivity contribution in [1.82, 2.24) is 19.1 Å². The van der Waals surface area contributed by atoms with Crippen LogP contribution in [0.2, 0.25) is 0 Å². The first-order valence-electron chi connectivity index (χ1n) is 9.23. The second-order valence-corrected chi connectivity index (χ2v) is 9.90. The van der Waals surface area contributed by atoms with Crippen molar-refractivity contribution in [2.45, 2.75) is 30.4 Å². The second kappa shape index (κ2) is 9.24. The molecule has 1 aliphatic heterocycles. The number of benzene rings is 1. The largest absolute Gasteiger partial charge is 0.549 e. The number of aromatic nitrogens is 3. The summed E-state index contributed by atoms with van der Waals surface area (Å²) in [6.45, 7) is 6.01. The Kier molecular flexibility index (Phi) is 6.93. The molecule has 1 aliphatic rings. The number of hydrogen-bond acceptors (Lipinski definition) is 8. The third kappa shape index (κ3) is 5.16. The number of carbonyl (C=O) groups is 1. The molecule has 0 atom stereocenters. The number of hydrogen-bond donors (Lipinski definition) is 0. The molecule has 1 saturated heterocycles. The number of carbonyl (C=O) groups excluding carboxylic acids is 1. The van der Waals surface area contributed by atoms with E-state index in [9.17, 15) is 18.3 Å². The number of thioether (sulfide) groups is 1. The highest BCUT2D eigenvalue weighted by Crippen LogP contribution is 2.27. The van der Waals surface area contributed by atoms with Gasteiger partial charge in [-0.1, -0.05) is 37.7 Å². The summed E-state index contributed by atoms with van der Waals surface area (Å²) in [6, 6.07) is 6.58. The van der Waals surface area contributed by atoms with Crippen molar-refractivity contribution in [3.05, 3.63) is 24.3 Å². The van der Waals surface area contributed by atoms with Gasteiger partial charge in [0.15, 0.2) is 11.0 Å². The zero-order chi connectivity index (χ0) is 21.0. The van der Waals surface area contributed by atoms with Crippen LogP contribution in [-0.2, 0) is 26.1 Å². The predicted octanol–water partition coefficient (Wildman–Crippen LogP) is 0.464. The third-order valence-electron chi connectivity index (χ3n) is 4.28. The molecule has 0 amide bonds. The quantitative estimate of drug-likeness (QED) is 0.545. The molecular formula is C18H23N4O5S2-. The third-order valence-corrected chi connectivity index (χ3v) is 7.12. The van der Waals surface area contributed by atoms with Gasteiger partial charge in [-0.15, -0.1) is 10.2 Å². The lowest BCUT2D eigenvalue weighted by atomic mass is 10.2. The van der Waals surface area contributed by atoms with Gasteiger partial charge in [-0.2, -0.15) is 4.31 Å². The molecule has 1 aromatic carbocycles. The van der Waals surface area contributed by atoms with Crippen molar-refractivity contribution in [3.8, 4) is 11.4 Å². The lowest BCUT2D eigenvalue weighted by Gasteiger charge is -2.26. The van der Waals surface area contributed by atoms with Crippen molar-refractivity contribution in [2.75, 3.05) is 32.1 Å². The highest BCUT2D eigenvalue weighted by molar-refractivity contribution is 7.99. The topological polar surface area (TPSA) is 117 Å². The molecule has 0 bridgehead atoms. The maximum absolute atomic E-state index is 13.0. The average molecular weight is 440 g/mol. The molecule has 9 nitrogen and oxygen atoms in total. The minimum atomic E-state index is -3.64. The molecule has 3 rings (SSSR count). The van der Waals surface area contributed by atoms with Crippen molar-refractivity contribution in [3.63, 3.8) is 0 Å². The van der Waals surface area contributed by atoms with Gasteiger partial charge in [0.2, 0.25) is 10.0 Å². The van der Waals surface area contributed by atoms with Crippen LogP contribution in [0, 0.1) is 5.92 Å². The van der Waals surface area contributed by atoms with E-state index in [0.29, 0.717) is 49.4 Å². The second-order valence-electron chi connectivity index (χ2n) is 7.02. The minimum Gasteiger partial charge on any atom is -0.549 e. The van der Waals surface area contributed by atoms with Crippen molar-refractivity contribution >= 4 is 27.8 Å². The average Bonchev–Trinajstić information content (AvgIpc) is 3.09. The molecule has 2 heterocycles. The van der Waals surface area contributed by atoms with Gasteiger partial charge in [0, 0.05) is 31.0 Å². The maximum atomic E-state index is 13.0. The normalized spacial score (nSPS) is 15.7. The van der Waals surface area contributed by atoms with Crippen LogP contribution in [0.3, 0.4) is 0 Å². The van der Waals surface area contributed by atoms with Gasteiger partial charge in [0.25, 0.3) is 0 Å². The molecule has 11 heteroatoms. The Bertz CT molecular complexity index is 968. The van der Waals surface area contributed by atoms with E-state index in [1.807, 2.05) is 18.4 Å². The molecule has 0 spiro atoms. The number of sulfonamides is 1. The van der Waals surface area contributed by atoms with Crippen LogP contribution >= 0.6 is 11.8 Å². The van der Waals surface area contributed by atoms with Crippen LogP contribution in [0.25, 0.3) is 11.4 Å². The molecule has 29 heavy (non-hydrogen) atoms. The Morgan fingerprint density at radius 1 is 1.28 bits per heavy atom. The van der Waals surface area contributed by atoms with E-state index in [0.717, 1.165) is 11.8 Å². The lowest BCUT2D eigenvalue weighted by molar-refractivity contribution is -0.301. The highest BCUT2D eigenvalue weighted by Gasteiger charge is 2.27. The van der Waals surface area contributed by atoms with Gasteiger partial charge in [-0.05, 0) is 18.1 Å². The van der Waals surface area contributed by atoms with Crippen LogP contribution in [0.4, 0.5) is 0 Å². The first kappa shape index (κ1) is 21.8. The van der Waals surface area contributed by atoms with E-state index in [1.165, 1.54) is 4.31 Å². The van der Waals surface area contributed by atoms with E-state index in [1.54, 1.807) is 24.3 Å². The zero-order valence-electron chi connectivity index (χ0n) is 16.3. The zero-order valence-corrected chi connectivity index (χ0v) is 17.9. The number of carboxylic acid groups (broad SMARTS) is 1. The monoisotopic (exact) mass is 439 g/mol. The van der Waals surface area contributed by atoms with Crippen molar-refractivity contribution in [1.29, 1.82) is 0 Å². The number of morpholine rings is 1. The van der Waals surface area contributed by atoms with Crippen molar-refractivity contribution < 1.29 is 23.1 Å². The summed E-state index contributed by atoms with van der Waals surface area (Å²) in [4.78, 5) is 11.0. The molecule has 0 radical (unpaired) electrons. The smallest absolute Gasteiger partial charge is 0.243 e. The van der Waals surface area contributed by atoms with Gasteiger partial charge >= 0.3 is 0 Å². The van der Waals surface area contributed by atoms with Crippen LogP contribution in [-0.4, -0.2) is 65.5 Å². The molecule has 0 N–H and O–H groups in total. The number of rotatable bonds is 8. The minimum absolute atomic E-state index is 0.180. The van der Waals surface area contributed by atoms with Gasteiger partial charge < -0.3 is 19.2 Å². The summed E-state index contributed by atoms with van der Waals surface area (Å²) in [5.41, 5.74) is 0.604. The van der Waals surface area contributed by atoms with E-state index >= 15 is 0 Å². The Labute approximate surface area is 174 Å². The maximum Gasteiger partial charge on any atom is 0.243 e. The van der Waals surface area contributed by atoms with Crippen LogP contribution in [0.5, 0.6) is 0 Å². The first-order valence-corrected chi connectivity index (χ1v) is 11.7. The van der Waals surface area contributed by atoms with Gasteiger partial charge in [0.05, 0.1) is 24.1 Å². The molecule has 1 fully saturated rings.